The lowest BCUT2D eigenvalue weighted by Crippen LogP contribution is -2.43. The van der Waals surface area contributed by atoms with Crippen LogP contribution in [0.15, 0.2) is 30.3 Å². The van der Waals surface area contributed by atoms with Crippen molar-refractivity contribution in [2.24, 2.45) is 5.92 Å². The molecule has 134 valence electrons. The molecule has 1 aliphatic carbocycles. The second kappa shape index (κ2) is 8.14. The average molecular weight is 343 g/mol. The van der Waals surface area contributed by atoms with Gasteiger partial charge in [-0.2, -0.15) is 0 Å². The second-order valence-electron chi connectivity index (χ2n) is 6.74. The van der Waals surface area contributed by atoms with Crippen LogP contribution in [0.2, 0.25) is 0 Å². The number of amides is 3. The van der Waals surface area contributed by atoms with Crippen LogP contribution in [0.25, 0.3) is 0 Å². The Labute approximate surface area is 148 Å². The van der Waals surface area contributed by atoms with Gasteiger partial charge < -0.3 is 15.1 Å². The van der Waals surface area contributed by atoms with Crippen LogP contribution in [0.3, 0.4) is 0 Å². The van der Waals surface area contributed by atoms with Gasteiger partial charge in [0.25, 0.3) is 5.91 Å². The maximum Gasteiger partial charge on any atom is 0.251 e. The Bertz CT molecular complexity index is 628. The molecule has 0 radical (unpaired) electrons. The van der Waals surface area contributed by atoms with E-state index in [1.165, 1.54) is 0 Å². The van der Waals surface area contributed by atoms with E-state index in [2.05, 4.69) is 5.32 Å². The number of carbonyl (C=O) groups is 3. The third-order valence-corrected chi connectivity index (χ3v) is 5.05. The summed E-state index contributed by atoms with van der Waals surface area (Å²) in [7, 11) is 0. The lowest BCUT2D eigenvalue weighted by molar-refractivity contribution is -0.138. The number of hydrogen-bond donors (Lipinski definition) is 1. The molecular weight excluding hydrogens is 318 g/mol. The van der Waals surface area contributed by atoms with Crippen molar-refractivity contribution in [2.75, 3.05) is 32.7 Å². The zero-order valence-corrected chi connectivity index (χ0v) is 14.4. The van der Waals surface area contributed by atoms with Crippen LogP contribution in [0.1, 0.15) is 36.0 Å². The Balaban J connectivity index is 1.46. The molecule has 1 heterocycles. The van der Waals surface area contributed by atoms with Gasteiger partial charge in [0.2, 0.25) is 11.8 Å². The third kappa shape index (κ3) is 4.38. The summed E-state index contributed by atoms with van der Waals surface area (Å²) in [6.45, 7) is 2.47. The van der Waals surface area contributed by atoms with Crippen molar-refractivity contribution in [2.45, 2.75) is 25.7 Å². The van der Waals surface area contributed by atoms with Crippen molar-refractivity contribution in [3.05, 3.63) is 35.9 Å². The van der Waals surface area contributed by atoms with Gasteiger partial charge in [0.15, 0.2) is 0 Å². The Morgan fingerprint density at radius 3 is 2.28 bits per heavy atom. The standard InChI is InChI=1S/C19H25N3O3/c23-17(14-20-18(24)15-6-2-1-3-7-15)21-10-5-11-22(13-12-21)19(25)16-8-4-9-16/h1-3,6-7,16H,4-5,8-14H2,(H,20,24). The van der Waals surface area contributed by atoms with Crippen molar-refractivity contribution >= 4 is 17.7 Å². The number of hydrogen-bond acceptors (Lipinski definition) is 3. The van der Waals surface area contributed by atoms with Crippen LogP contribution in [0.5, 0.6) is 0 Å². The molecule has 1 aromatic rings. The minimum Gasteiger partial charge on any atom is -0.343 e. The van der Waals surface area contributed by atoms with Crippen LogP contribution in [-0.2, 0) is 9.59 Å². The van der Waals surface area contributed by atoms with Crippen LogP contribution < -0.4 is 5.32 Å². The summed E-state index contributed by atoms with van der Waals surface area (Å²) < 4.78 is 0. The van der Waals surface area contributed by atoms with E-state index in [0.717, 1.165) is 32.2 Å². The van der Waals surface area contributed by atoms with E-state index in [-0.39, 0.29) is 30.2 Å². The summed E-state index contributed by atoms with van der Waals surface area (Å²) in [4.78, 5) is 40.4. The van der Waals surface area contributed by atoms with Crippen molar-refractivity contribution in [3.63, 3.8) is 0 Å². The molecule has 1 aliphatic heterocycles. The van der Waals surface area contributed by atoms with E-state index >= 15 is 0 Å². The molecule has 3 amide bonds. The molecule has 1 saturated heterocycles. The highest BCUT2D eigenvalue weighted by Crippen LogP contribution is 2.28. The number of benzene rings is 1. The Hall–Kier alpha value is -2.37. The normalized spacial score (nSPS) is 18.2. The third-order valence-electron chi connectivity index (χ3n) is 5.05. The first-order valence-corrected chi connectivity index (χ1v) is 9.05. The predicted octanol–water partition coefficient (Wildman–Crippen LogP) is 1.28. The Morgan fingerprint density at radius 1 is 0.920 bits per heavy atom. The molecule has 6 nitrogen and oxygen atoms in total. The summed E-state index contributed by atoms with van der Waals surface area (Å²) in [6, 6.07) is 8.86. The second-order valence-corrected chi connectivity index (χ2v) is 6.74. The van der Waals surface area contributed by atoms with Gasteiger partial charge in [0.1, 0.15) is 0 Å². The SMILES string of the molecule is O=C(NCC(=O)N1CCCN(C(=O)C2CCC2)CC1)c1ccccc1. The largest absolute Gasteiger partial charge is 0.343 e. The van der Waals surface area contributed by atoms with Crippen LogP contribution in [0.4, 0.5) is 0 Å². The summed E-state index contributed by atoms with van der Waals surface area (Å²) in [5, 5.41) is 2.68. The molecule has 0 unspecified atom stereocenters. The predicted molar refractivity (Wildman–Crippen MR) is 93.9 cm³/mol. The topological polar surface area (TPSA) is 69.7 Å². The van der Waals surface area contributed by atoms with Gasteiger partial charge >= 0.3 is 0 Å². The lowest BCUT2D eigenvalue weighted by Gasteiger charge is -2.31. The summed E-state index contributed by atoms with van der Waals surface area (Å²) in [5.41, 5.74) is 0.545. The van der Waals surface area contributed by atoms with Crippen molar-refractivity contribution in [1.29, 1.82) is 0 Å². The smallest absolute Gasteiger partial charge is 0.251 e. The molecule has 1 aromatic carbocycles. The van der Waals surface area contributed by atoms with E-state index in [4.69, 9.17) is 0 Å². The van der Waals surface area contributed by atoms with Gasteiger partial charge in [-0.05, 0) is 31.4 Å². The van der Waals surface area contributed by atoms with Crippen LogP contribution >= 0.6 is 0 Å². The first-order valence-electron chi connectivity index (χ1n) is 9.05. The molecule has 2 fully saturated rings. The highest BCUT2D eigenvalue weighted by atomic mass is 16.2. The maximum atomic E-state index is 12.4. The number of nitrogens with zero attached hydrogens (tertiary/aromatic N) is 2. The van der Waals surface area contributed by atoms with Gasteiger partial charge in [-0.15, -0.1) is 0 Å². The fourth-order valence-electron chi connectivity index (χ4n) is 3.26. The van der Waals surface area contributed by atoms with Crippen LogP contribution in [-0.4, -0.2) is 60.2 Å². The molecule has 1 saturated carbocycles. The number of rotatable bonds is 4. The minimum absolute atomic E-state index is 0.00962. The van der Waals surface area contributed by atoms with E-state index in [0.29, 0.717) is 25.2 Å². The quantitative estimate of drug-likeness (QED) is 0.895. The number of carbonyl (C=O) groups excluding carboxylic acids is 3. The summed E-state index contributed by atoms with van der Waals surface area (Å²) in [5.74, 6) is 0.109. The highest BCUT2D eigenvalue weighted by molar-refractivity contribution is 5.96. The van der Waals surface area contributed by atoms with Crippen LogP contribution in [0, 0.1) is 5.92 Å². The van der Waals surface area contributed by atoms with Gasteiger partial charge in [0.05, 0.1) is 6.54 Å². The molecule has 6 heteroatoms. The fourth-order valence-corrected chi connectivity index (χ4v) is 3.26. The Kier molecular flexibility index (Phi) is 5.68. The van der Waals surface area contributed by atoms with E-state index in [1.807, 2.05) is 11.0 Å². The van der Waals surface area contributed by atoms with E-state index in [9.17, 15) is 14.4 Å². The minimum atomic E-state index is -0.245. The zero-order chi connectivity index (χ0) is 17.6. The maximum absolute atomic E-state index is 12.4. The summed E-state index contributed by atoms with van der Waals surface area (Å²) >= 11 is 0. The molecule has 3 rings (SSSR count). The molecule has 25 heavy (non-hydrogen) atoms. The molecule has 2 aliphatic rings. The first-order chi connectivity index (χ1) is 12.1. The molecular formula is C19H25N3O3. The highest BCUT2D eigenvalue weighted by Gasteiger charge is 2.30. The zero-order valence-electron chi connectivity index (χ0n) is 14.4. The molecule has 0 aromatic heterocycles. The van der Waals surface area contributed by atoms with Gasteiger partial charge in [-0.25, -0.2) is 0 Å². The molecule has 1 N–H and O–H groups in total. The molecule has 0 spiro atoms. The molecule has 0 atom stereocenters. The van der Waals surface area contributed by atoms with Gasteiger partial charge in [-0.3, -0.25) is 14.4 Å². The molecule has 0 bridgehead atoms. The van der Waals surface area contributed by atoms with Crippen molar-refractivity contribution < 1.29 is 14.4 Å². The average Bonchev–Trinajstić information content (AvgIpc) is 2.85. The fraction of sp³-hybridized carbons (Fsp3) is 0.526. The Morgan fingerprint density at radius 2 is 1.60 bits per heavy atom. The van der Waals surface area contributed by atoms with Gasteiger partial charge in [-0.1, -0.05) is 24.6 Å². The van der Waals surface area contributed by atoms with E-state index in [1.54, 1.807) is 29.2 Å². The monoisotopic (exact) mass is 343 g/mol. The summed E-state index contributed by atoms with van der Waals surface area (Å²) in [6.07, 6.45) is 3.94. The lowest BCUT2D eigenvalue weighted by atomic mass is 9.84. The first kappa shape index (κ1) is 17.5. The number of nitrogens with one attached hydrogen (secondary N) is 1. The van der Waals surface area contributed by atoms with E-state index < -0.39 is 0 Å². The van der Waals surface area contributed by atoms with Crippen molar-refractivity contribution in [3.8, 4) is 0 Å². The van der Waals surface area contributed by atoms with Crippen molar-refractivity contribution in [1.82, 2.24) is 15.1 Å². The van der Waals surface area contributed by atoms with Gasteiger partial charge in [0, 0.05) is 37.7 Å².